The van der Waals surface area contributed by atoms with E-state index in [0.29, 0.717) is 0 Å². The lowest BCUT2D eigenvalue weighted by Gasteiger charge is -2.26. The Kier molecular flexibility index (Phi) is 7.45. The van der Waals surface area contributed by atoms with Crippen LogP contribution in [-0.2, 0) is 4.79 Å². The molecule has 2 rings (SSSR count). The Balaban J connectivity index is 0.000000437. The molecule has 1 saturated heterocycles. The minimum atomic E-state index is 0.750. The van der Waals surface area contributed by atoms with Crippen molar-refractivity contribution < 1.29 is 4.79 Å². The number of carbonyl (C=O) groups excluding carboxylic acids is 1. The fourth-order valence-corrected chi connectivity index (χ4v) is 2.85. The van der Waals surface area contributed by atoms with Crippen molar-refractivity contribution in [1.29, 1.82) is 0 Å². The summed E-state index contributed by atoms with van der Waals surface area (Å²) in [7, 11) is 2.26. The Morgan fingerprint density at radius 3 is 2.35 bits per heavy atom. The van der Waals surface area contributed by atoms with Gasteiger partial charge in [0.05, 0.1) is 0 Å². The molecule has 1 saturated carbocycles. The lowest BCUT2D eigenvalue weighted by molar-refractivity contribution is -0.106. The maximum atomic E-state index is 8.81. The van der Waals surface area contributed by atoms with E-state index < -0.39 is 0 Å². The molecule has 2 aliphatic rings. The van der Waals surface area contributed by atoms with Crippen LogP contribution in [0.25, 0.3) is 0 Å². The Hall–Kier alpha value is -0.410. The molecular formula is C14H28N2O. The van der Waals surface area contributed by atoms with E-state index >= 15 is 0 Å². The van der Waals surface area contributed by atoms with Crippen molar-refractivity contribution in [2.75, 3.05) is 20.1 Å². The monoisotopic (exact) mass is 240 g/mol. The molecule has 1 heterocycles. The smallest absolute Gasteiger partial charge is 0.116 e. The number of likely N-dealkylation sites (N-methyl/N-ethyl adjacent to an activating group) is 1. The van der Waals surface area contributed by atoms with E-state index in [2.05, 4.69) is 17.3 Å². The zero-order chi connectivity index (χ0) is 12.5. The first-order chi connectivity index (χ1) is 8.27. The highest BCUT2D eigenvalue weighted by Gasteiger charge is 2.21. The molecule has 1 atom stereocenters. The Bertz CT molecular complexity index is 202. The maximum Gasteiger partial charge on any atom is 0.116 e. The first-order valence-electron chi connectivity index (χ1n) is 7.11. The number of nitrogens with zero attached hydrogens (tertiary/aromatic N) is 1. The quantitative estimate of drug-likeness (QED) is 0.768. The van der Waals surface area contributed by atoms with Crippen LogP contribution in [0.4, 0.5) is 0 Å². The lowest BCUT2D eigenvalue weighted by atomic mass is 9.95. The minimum Gasteiger partial charge on any atom is -0.312 e. The van der Waals surface area contributed by atoms with Crippen LogP contribution in [-0.4, -0.2) is 43.4 Å². The number of nitrogens with one attached hydrogen (secondary N) is 1. The molecular weight excluding hydrogens is 212 g/mol. The van der Waals surface area contributed by atoms with Gasteiger partial charge in [0.2, 0.25) is 0 Å². The number of likely N-dealkylation sites (tertiary alicyclic amines) is 1. The number of hydrogen-bond acceptors (Lipinski definition) is 3. The van der Waals surface area contributed by atoms with Gasteiger partial charge in [-0.05, 0) is 46.2 Å². The molecule has 0 spiro atoms. The number of aldehydes is 1. The molecule has 0 bridgehead atoms. The van der Waals surface area contributed by atoms with E-state index in [0.717, 1.165) is 18.4 Å². The standard InChI is InChI=1S/C12H24N2.C2H4O/c1-14-9-5-8-12(14)10-13-11-6-3-2-4-7-11;1-2-3/h11-13H,2-10H2,1H3;2H,1H3. The normalized spacial score (nSPS) is 26.4. The highest BCUT2D eigenvalue weighted by atomic mass is 16.1. The van der Waals surface area contributed by atoms with E-state index in [1.165, 1.54) is 65.0 Å². The van der Waals surface area contributed by atoms with Crippen LogP contribution in [0.15, 0.2) is 0 Å². The Morgan fingerprint density at radius 1 is 1.18 bits per heavy atom. The van der Waals surface area contributed by atoms with Crippen molar-refractivity contribution in [3.05, 3.63) is 0 Å². The predicted octanol–water partition coefficient (Wildman–Crippen LogP) is 2.21. The highest BCUT2D eigenvalue weighted by Crippen LogP contribution is 2.19. The van der Waals surface area contributed by atoms with E-state index in [9.17, 15) is 0 Å². The Morgan fingerprint density at radius 2 is 1.82 bits per heavy atom. The summed E-state index contributed by atoms with van der Waals surface area (Å²) in [6, 6.07) is 1.65. The number of rotatable bonds is 3. The predicted molar refractivity (Wildman–Crippen MR) is 72.3 cm³/mol. The van der Waals surface area contributed by atoms with Gasteiger partial charge < -0.3 is 15.0 Å². The molecule has 0 aromatic rings. The van der Waals surface area contributed by atoms with Gasteiger partial charge in [-0.1, -0.05) is 19.3 Å². The molecule has 0 aromatic carbocycles. The third-order valence-corrected chi connectivity index (χ3v) is 3.92. The summed E-state index contributed by atoms with van der Waals surface area (Å²) in [5.41, 5.74) is 0. The zero-order valence-corrected chi connectivity index (χ0v) is 11.5. The zero-order valence-electron chi connectivity index (χ0n) is 11.5. The second-order valence-electron chi connectivity index (χ2n) is 5.26. The topological polar surface area (TPSA) is 32.3 Å². The molecule has 0 amide bonds. The van der Waals surface area contributed by atoms with Gasteiger partial charge in [-0.2, -0.15) is 0 Å². The summed E-state index contributed by atoms with van der Waals surface area (Å²) in [5, 5.41) is 3.75. The van der Waals surface area contributed by atoms with Gasteiger partial charge in [0.1, 0.15) is 6.29 Å². The van der Waals surface area contributed by atoms with Gasteiger partial charge >= 0.3 is 0 Å². The van der Waals surface area contributed by atoms with Crippen LogP contribution in [0, 0.1) is 0 Å². The molecule has 1 N–H and O–H groups in total. The largest absolute Gasteiger partial charge is 0.312 e. The van der Waals surface area contributed by atoms with Gasteiger partial charge in [-0.15, -0.1) is 0 Å². The molecule has 17 heavy (non-hydrogen) atoms. The van der Waals surface area contributed by atoms with E-state index in [-0.39, 0.29) is 0 Å². The molecule has 1 aliphatic carbocycles. The molecule has 3 nitrogen and oxygen atoms in total. The average molecular weight is 240 g/mol. The second kappa shape index (κ2) is 8.65. The van der Waals surface area contributed by atoms with Crippen LogP contribution in [0.1, 0.15) is 51.9 Å². The van der Waals surface area contributed by atoms with Crippen LogP contribution in [0.3, 0.4) is 0 Å². The maximum absolute atomic E-state index is 8.81. The first kappa shape index (κ1) is 14.7. The first-order valence-corrected chi connectivity index (χ1v) is 7.11. The fourth-order valence-electron chi connectivity index (χ4n) is 2.85. The van der Waals surface area contributed by atoms with Crippen LogP contribution in [0.2, 0.25) is 0 Å². The summed E-state index contributed by atoms with van der Waals surface area (Å²) in [5.74, 6) is 0. The molecule has 0 radical (unpaired) electrons. The van der Waals surface area contributed by atoms with Gasteiger partial charge in [-0.25, -0.2) is 0 Å². The van der Waals surface area contributed by atoms with Gasteiger partial charge in [0.25, 0.3) is 0 Å². The minimum absolute atomic E-state index is 0.750. The van der Waals surface area contributed by atoms with Crippen molar-refractivity contribution in [2.24, 2.45) is 0 Å². The molecule has 1 aliphatic heterocycles. The van der Waals surface area contributed by atoms with Crippen LogP contribution < -0.4 is 5.32 Å². The molecule has 2 fully saturated rings. The summed E-state index contributed by atoms with van der Waals surface area (Å²) in [6.45, 7) is 3.97. The third kappa shape index (κ3) is 5.64. The van der Waals surface area contributed by atoms with Gasteiger partial charge in [0.15, 0.2) is 0 Å². The van der Waals surface area contributed by atoms with E-state index in [1.54, 1.807) is 0 Å². The highest BCUT2D eigenvalue weighted by molar-refractivity contribution is 5.44. The summed E-state index contributed by atoms with van der Waals surface area (Å²) in [4.78, 5) is 11.3. The van der Waals surface area contributed by atoms with Gasteiger partial charge in [-0.3, -0.25) is 0 Å². The van der Waals surface area contributed by atoms with Crippen LogP contribution >= 0.6 is 0 Å². The Labute approximate surface area is 106 Å². The number of carbonyl (C=O) groups is 1. The van der Waals surface area contributed by atoms with Gasteiger partial charge in [0, 0.05) is 18.6 Å². The SMILES string of the molecule is CC=O.CN1CCCC1CNC1CCCCC1. The molecule has 3 heteroatoms. The van der Waals surface area contributed by atoms with E-state index in [4.69, 9.17) is 4.79 Å². The van der Waals surface area contributed by atoms with Crippen molar-refractivity contribution >= 4 is 6.29 Å². The third-order valence-electron chi connectivity index (χ3n) is 3.92. The summed E-state index contributed by atoms with van der Waals surface area (Å²) < 4.78 is 0. The fraction of sp³-hybridized carbons (Fsp3) is 0.929. The van der Waals surface area contributed by atoms with Crippen molar-refractivity contribution in [3.8, 4) is 0 Å². The number of hydrogen-bond donors (Lipinski definition) is 1. The van der Waals surface area contributed by atoms with Crippen molar-refractivity contribution in [2.45, 2.75) is 64.0 Å². The van der Waals surface area contributed by atoms with Crippen molar-refractivity contribution in [1.82, 2.24) is 10.2 Å². The average Bonchev–Trinajstić information content (AvgIpc) is 2.75. The second-order valence-corrected chi connectivity index (χ2v) is 5.26. The van der Waals surface area contributed by atoms with Crippen LogP contribution in [0.5, 0.6) is 0 Å². The summed E-state index contributed by atoms with van der Waals surface area (Å²) >= 11 is 0. The van der Waals surface area contributed by atoms with Crippen molar-refractivity contribution in [3.63, 3.8) is 0 Å². The molecule has 1 unspecified atom stereocenters. The summed E-state index contributed by atoms with van der Waals surface area (Å²) in [6.07, 6.45) is 10.7. The molecule has 0 aromatic heterocycles. The van der Waals surface area contributed by atoms with E-state index in [1.807, 2.05) is 0 Å². The lowest BCUT2D eigenvalue weighted by Crippen LogP contribution is -2.41. The molecule has 100 valence electrons.